The molecule has 6 heteroatoms. The number of hydrogen-bond acceptors (Lipinski definition) is 3. The van der Waals surface area contributed by atoms with Crippen molar-refractivity contribution in [2.75, 3.05) is 0 Å². The molecule has 0 unspecified atom stereocenters. The Morgan fingerprint density at radius 2 is 2.27 bits per heavy atom. The minimum absolute atomic E-state index is 0.0952. The van der Waals surface area contributed by atoms with E-state index in [1.807, 2.05) is 6.07 Å². The highest BCUT2D eigenvalue weighted by Crippen LogP contribution is 2.24. The largest absolute Gasteiger partial charge is 0.470 e. The van der Waals surface area contributed by atoms with Gasteiger partial charge in [0.1, 0.15) is 6.61 Å². The number of ether oxygens (including phenoxy) is 1. The number of hydrogen-bond donors (Lipinski definition) is 0. The molecule has 1 aromatic rings. The molecule has 0 fully saturated rings. The van der Waals surface area contributed by atoms with Crippen LogP contribution in [0.5, 0.6) is 0 Å². The maximum atomic E-state index is 11.7. The summed E-state index contributed by atoms with van der Waals surface area (Å²) < 4.78 is 29.5. The summed E-state index contributed by atoms with van der Waals surface area (Å²) in [6, 6.07) is 5.37. The number of nitrogens with zero attached hydrogens (tertiary/aromatic N) is 1. The van der Waals surface area contributed by atoms with Crippen LogP contribution in [0, 0.1) is 0 Å². The number of oxime groups is 1. The standard InChI is InChI=1S/C9H6BrF2NO2/c10-6-1-2-7-5(3-6)4-14-8(7)13-15-9(11)12/h1-3,9H,4H2/b13-8-. The van der Waals surface area contributed by atoms with Crippen molar-refractivity contribution in [1.82, 2.24) is 0 Å². The second kappa shape index (κ2) is 4.14. The Morgan fingerprint density at radius 1 is 1.47 bits per heavy atom. The number of benzene rings is 1. The molecule has 0 N–H and O–H groups in total. The van der Waals surface area contributed by atoms with Crippen molar-refractivity contribution >= 4 is 21.8 Å². The predicted octanol–water partition coefficient (Wildman–Crippen LogP) is 2.88. The van der Waals surface area contributed by atoms with Gasteiger partial charge in [-0.25, -0.2) is 0 Å². The molecule has 1 heterocycles. The minimum Gasteiger partial charge on any atom is -0.470 e. The third-order valence-electron chi connectivity index (χ3n) is 1.88. The van der Waals surface area contributed by atoms with E-state index in [9.17, 15) is 8.78 Å². The smallest absolute Gasteiger partial charge is 0.408 e. The molecular weight excluding hydrogens is 272 g/mol. The molecule has 80 valence electrons. The molecule has 1 aliphatic heterocycles. The monoisotopic (exact) mass is 277 g/mol. The summed E-state index contributed by atoms with van der Waals surface area (Å²) >= 11 is 3.30. The lowest BCUT2D eigenvalue weighted by atomic mass is 10.1. The third-order valence-corrected chi connectivity index (χ3v) is 2.37. The molecule has 0 bridgehead atoms. The SMILES string of the molecule is FC(F)O/N=C1\OCc2cc(Br)ccc21. The van der Waals surface area contributed by atoms with Gasteiger partial charge in [0.25, 0.3) is 5.90 Å². The molecule has 2 rings (SSSR count). The van der Waals surface area contributed by atoms with Gasteiger partial charge in [0.15, 0.2) is 0 Å². The average Bonchev–Trinajstić information content (AvgIpc) is 2.57. The predicted molar refractivity (Wildman–Crippen MR) is 52.6 cm³/mol. The maximum absolute atomic E-state index is 11.7. The van der Waals surface area contributed by atoms with Crippen LogP contribution in [0.1, 0.15) is 11.1 Å². The zero-order valence-electron chi connectivity index (χ0n) is 7.41. The Balaban J connectivity index is 2.25. The van der Waals surface area contributed by atoms with Crippen LogP contribution in [0.4, 0.5) is 8.78 Å². The summed E-state index contributed by atoms with van der Waals surface area (Å²) in [5.41, 5.74) is 1.57. The van der Waals surface area contributed by atoms with E-state index in [2.05, 4.69) is 25.9 Å². The van der Waals surface area contributed by atoms with E-state index < -0.39 is 6.61 Å². The van der Waals surface area contributed by atoms with Gasteiger partial charge in [-0.2, -0.15) is 8.78 Å². The number of alkyl halides is 2. The quantitative estimate of drug-likeness (QED) is 0.779. The number of halogens is 3. The molecule has 0 aromatic heterocycles. The third kappa shape index (κ3) is 2.26. The highest BCUT2D eigenvalue weighted by molar-refractivity contribution is 9.10. The lowest BCUT2D eigenvalue weighted by molar-refractivity contribution is -0.129. The molecule has 0 radical (unpaired) electrons. The van der Waals surface area contributed by atoms with Gasteiger partial charge in [-0.15, -0.1) is 0 Å². The molecule has 15 heavy (non-hydrogen) atoms. The first-order valence-corrected chi connectivity index (χ1v) is 4.89. The first kappa shape index (κ1) is 10.4. The lowest BCUT2D eigenvalue weighted by Gasteiger charge is -1.99. The van der Waals surface area contributed by atoms with Crippen molar-refractivity contribution in [2.24, 2.45) is 5.16 Å². The molecule has 0 spiro atoms. The molecule has 0 atom stereocenters. The van der Waals surface area contributed by atoms with E-state index in [0.29, 0.717) is 12.2 Å². The summed E-state index contributed by atoms with van der Waals surface area (Å²) in [6.07, 6.45) is 0. The lowest BCUT2D eigenvalue weighted by Crippen LogP contribution is -2.01. The van der Waals surface area contributed by atoms with E-state index in [0.717, 1.165) is 10.0 Å². The van der Waals surface area contributed by atoms with Crippen LogP contribution in [0.2, 0.25) is 0 Å². The van der Waals surface area contributed by atoms with Crippen LogP contribution in [-0.4, -0.2) is 12.5 Å². The second-order valence-corrected chi connectivity index (χ2v) is 3.77. The van der Waals surface area contributed by atoms with Gasteiger partial charge >= 0.3 is 6.61 Å². The van der Waals surface area contributed by atoms with E-state index in [1.165, 1.54) is 0 Å². The Bertz CT molecular complexity index is 409. The molecule has 1 aromatic carbocycles. The zero-order valence-corrected chi connectivity index (χ0v) is 9.00. The molecular formula is C9H6BrF2NO2. The highest BCUT2D eigenvalue weighted by atomic mass is 79.9. The van der Waals surface area contributed by atoms with Crippen molar-refractivity contribution in [2.45, 2.75) is 13.2 Å². The normalized spacial score (nSPS) is 16.7. The van der Waals surface area contributed by atoms with Crippen LogP contribution >= 0.6 is 15.9 Å². The van der Waals surface area contributed by atoms with E-state index >= 15 is 0 Å². The van der Waals surface area contributed by atoms with Crippen molar-refractivity contribution in [3.05, 3.63) is 33.8 Å². The Kier molecular flexibility index (Phi) is 2.86. The fourth-order valence-electron chi connectivity index (χ4n) is 1.28. The van der Waals surface area contributed by atoms with Gasteiger partial charge in [-0.05, 0) is 23.4 Å². The van der Waals surface area contributed by atoms with Crippen molar-refractivity contribution < 1.29 is 18.4 Å². The molecule has 3 nitrogen and oxygen atoms in total. The van der Waals surface area contributed by atoms with Gasteiger partial charge in [0.2, 0.25) is 0 Å². The second-order valence-electron chi connectivity index (χ2n) is 2.85. The van der Waals surface area contributed by atoms with Crippen LogP contribution in [0.15, 0.2) is 27.8 Å². The molecule has 0 amide bonds. The minimum atomic E-state index is -2.93. The van der Waals surface area contributed by atoms with Crippen LogP contribution in [0.3, 0.4) is 0 Å². The summed E-state index contributed by atoms with van der Waals surface area (Å²) in [6.45, 7) is -2.61. The first-order chi connectivity index (χ1) is 7.16. The molecule has 0 aliphatic carbocycles. The van der Waals surface area contributed by atoms with Gasteiger partial charge < -0.3 is 9.57 Å². The number of rotatable bonds is 2. The Labute approximate surface area is 92.8 Å². The van der Waals surface area contributed by atoms with E-state index in [4.69, 9.17) is 4.74 Å². The van der Waals surface area contributed by atoms with Crippen molar-refractivity contribution in [3.63, 3.8) is 0 Å². The van der Waals surface area contributed by atoms with Gasteiger partial charge in [0.05, 0.1) is 0 Å². The summed E-state index contributed by atoms with van der Waals surface area (Å²) in [4.78, 5) is 3.83. The number of fused-ring (bicyclic) bond motifs is 1. The van der Waals surface area contributed by atoms with Crippen LogP contribution < -0.4 is 0 Å². The van der Waals surface area contributed by atoms with Crippen LogP contribution in [-0.2, 0) is 16.2 Å². The van der Waals surface area contributed by atoms with Crippen LogP contribution in [0.25, 0.3) is 0 Å². The van der Waals surface area contributed by atoms with Gasteiger partial charge in [-0.1, -0.05) is 15.9 Å². The van der Waals surface area contributed by atoms with Gasteiger partial charge in [-0.3, -0.25) is 0 Å². The topological polar surface area (TPSA) is 30.8 Å². The molecule has 0 saturated heterocycles. The summed E-state index contributed by atoms with van der Waals surface area (Å²) in [7, 11) is 0. The van der Waals surface area contributed by atoms with Crippen molar-refractivity contribution in [1.29, 1.82) is 0 Å². The molecule has 1 aliphatic rings. The van der Waals surface area contributed by atoms with Crippen molar-refractivity contribution in [3.8, 4) is 0 Å². The maximum Gasteiger partial charge on any atom is 0.408 e. The summed E-state index contributed by atoms with van der Waals surface area (Å²) in [5.74, 6) is 0.0952. The fourth-order valence-corrected chi connectivity index (χ4v) is 1.69. The Hall–Kier alpha value is -1.17. The Morgan fingerprint density at radius 3 is 3.00 bits per heavy atom. The summed E-state index contributed by atoms with van der Waals surface area (Å²) in [5, 5.41) is 3.22. The molecule has 0 saturated carbocycles. The fraction of sp³-hybridized carbons (Fsp3) is 0.222. The van der Waals surface area contributed by atoms with E-state index in [1.54, 1.807) is 12.1 Å². The highest BCUT2D eigenvalue weighted by Gasteiger charge is 2.20. The first-order valence-electron chi connectivity index (χ1n) is 4.10. The zero-order chi connectivity index (χ0) is 10.8. The van der Waals surface area contributed by atoms with E-state index in [-0.39, 0.29) is 5.90 Å². The average molecular weight is 278 g/mol. The van der Waals surface area contributed by atoms with Gasteiger partial charge in [0, 0.05) is 15.6 Å².